The molecule has 2 heterocycles. The van der Waals surface area contributed by atoms with Crippen LogP contribution in [0.1, 0.15) is 28.4 Å². The number of benzene rings is 2. The number of carbonyl (C=O) groups is 2. The third-order valence-corrected chi connectivity index (χ3v) is 6.17. The number of carbonyl (C=O) groups excluding carboxylic acids is 2. The van der Waals surface area contributed by atoms with Gasteiger partial charge in [-0.15, -0.1) is 0 Å². The summed E-state index contributed by atoms with van der Waals surface area (Å²) >= 11 is 3.43. The van der Waals surface area contributed by atoms with Crippen molar-refractivity contribution in [3.63, 3.8) is 0 Å². The number of fused-ring (bicyclic) bond motifs is 1. The second-order valence-corrected chi connectivity index (χ2v) is 8.64. The largest absolute Gasteiger partial charge is 0.507 e. The third kappa shape index (κ3) is 4.84. The molecule has 4 rings (SSSR count). The number of aromatic hydroxyl groups is 1. The Hall–Kier alpha value is -3.04. The van der Waals surface area contributed by atoms with Crippen molar-refractivity contribution in [2.24, 2.45) is 0 Å². The minimum atomic E-state index is -0.313. The number of phenols is 1. The van der Waals surface area contributed by atoms with Gasteiger partial charge in [-0.05, 0) is 43.3 Å². The van der Waals surface area contributed by atoms with Crippen molar-refractivity contribution in [3.05, 3.63) is 57.3 Å². The lowest BCUT2D eigenvalue weighted by molar-refractivity contribution is 0.0774. The van der Waals surface area contributed by atoms with E-state index in [1.54, 1.807) is 37.1 Å². The van der Waals surface area contributed by atoms with Crippen molar-refractivity contribution in [3.8, 4) is 17.2 Å². The number of hydrogen-bond donors (Lipinski definition) is 1. The highest BCUT2D eigenvalue weighted by Crippen LogP contribution is 2.40. The summed E-state index contributed by atoms with van der Waals surface area (Å²) in [7, 11) is 1.56. The van der Waals surface area contributed by atoms with E-state index in [0.717, 1.165) is 4.47 Å². The number of nitrogens with zero attached hydrogens (tertiary/aromatic N) is 2. The minimum absolute atomic E-state index is 0.0654. The molecule has 1 N–H and O–H groups in total. The van der Waals surface area contributed by atoms with E-state index in [9.17, 15) is 14.7 Å². The standard InChI is InChI=1S/C24H25BrN2O6/c1-3-32-24(30)27-10-8-26(9-11-27)14-18-19(28)6-5-17-22(29)21(33-23(17)18)13-15-12-16(25)4-7-20(15)31-2/h4-7,12-13,28H,3,8-11,14H2,1-2H3/b21-13+. The second-order valence-electron chi connectivity index (χ2n) is 7.73. The Balaban J connectivity index is 1.54. The predicted octanol–water partition coefficient (Wildman–Crippen LogP) is 4.05. The van der Waals surface area contributed by atoms with Crippen molar-refractivity contribution in [2.75, 3.05) is 39.9 Å². The fourth-order valence-corrected chi connectivity index (χ4v) is 4.31. The van der Waals surface area contributed by atoms with Gasteiger partial charge in [0, 0.05) is 42.8 Å². The Morgan fingerprint density at radius 1 is 1.21 bits per heavy atom. The number of allylic oxidation sites excluding steroid dienone is 1. The molecular formula is C24H25BrN2O6. The van der Waals surface area contributed by atoms with Gasteiger partial charge in [-0.2, -0.15) is 0 Å². The van der Waals surface area contributed by atoms with E-state index in [2.05, 4.69) is 20.8 Å². The molecule has 9 heteroatoms. The summed E-state index contributed by atoms with van der Waals surface area (Å²) in [5, 5.41) is 10.5. The zero-order valence-corrected chi connectivity index (χ0v) is 20.1. The van der Waals surface area contributed by atoms with Crippen LogP contribution in [-0.4, -0.2) is 66.7 Å². The lowest BCUT2D eigenvalue weighted by atomic mass is 10.0. The number of methoxy groups -OCH3 is 1. The Bertz CT molecular complexity index is 1110. The molecule has 0 aromatic heterocycles. The molecule has 0 unspecified atom stereocenters. The molecule has 0 spiro atoms. The Morgan fingerprint density at radius 3 is 2.67 bits per heavy atom. The van der Waals surface area contributed by atoms with Gasteiger partial charge in [0.05, 0.1) is 24.8 Å². The van der Waals surface area contributed by atoms with Crippen LogP contribution < -0.4 is 9.47 Å². The monoisotopic (exact) mass is 516 g/mol. The van der Waals surface area contributed by atoms with E-state index in [4.69, 9.17) is 14.2 Å². The number of phenolic OH excluding ortho intramolecular Hbond substituents is 1. The first-order valence-electron chi connectivity index (χ1n) is 10.7. The van der Waals surface area contributed by atoms with Crippen molar-refractivity contribution >= 4 is 33.9 Å². The van der Waals surface area contributed by atoms with E-state index < -0.39 is 0 Å². The summed E-state index contributed by atoms with van der Waals surface area (Å²) < 4.78 is 17.3. The molecule has 2 aliphatic rings. The number of rotatable bonds is 5. The van der Waals surface area contributed by atoms with Gasteiger partial charge in [0.15, 0.2) is 5.76 Å². The summed E-state index contributed by atoms with van der Waals surface area (Å²) in [5.41, 5.74) is 1.66. The molecule has 0 atom stereocenters. The van der Waals surface area contributed by atoms with Crippen LogP contribution in [0, 0.1) is 0 Å². The summed E-state index contributed by atoms with van der Waals surface area (Å²) in [4.78, 5) is 28.7. The van der Waals surface area contributed by atoms with Gasteiger partial charge in [0.2, 0.25) is 5.78 Å². The first-order chi connectivity index (χ1) is 15.9. The first-order valence-corrected chi connectivity index (χ1v) is 11.5. The summed E-state index contributed by atoms with van der Waals surface area (Å²) in [6, 6.07) is 8.59. The maximum absolute atomic E-state index is 13.0. The fourth-order valence-electron chi connectivity index (χ4n) is 3.94. The SMILES string of the molecule is CCOC(=O)N1CCN(Cc2c(O)ccc3c2O/C(=C/c2cc(Br)ccc2OC)C3=O)CC1. The van der Waals surface area contributed by atoms with Crippen LogP contribution in [0.2, 0.25) is 0 Å². The molecule has 0 saturated carbocycles. The molecule has 2 aromatic carbocycles. The van der Waals surface area contributed by atoms with Crippen LogP contribution in [0.5, 0.6) is 17.2 Å². The topological polar surface area (TPSA) is 88.5 Å². The summed E-state index contributed by atoms with van der Waals surface area (Å²) in [6.45, 7) is 4.82. The van der Waals surface area contributed by atoms with Crippen LogP contribution in [0.15, 0.2) is 40.6 Å². The van der Waals surface area contributed by atoms with Crippen LogP contribution in [0.25, 0.3) is 6.08 Å². The van der Waals surface area contributed by atoms with E-state index in [1.807, 2.05) is 12.1 Å². The van der Waals surface area contributed by atoms with E-state index in [1.165, 1.54) is 6.07 Å². The molecule has 0 radical (unpaired) electrons. The van der Waals surface area contributed by atoms with E-state index >= 15 is 0 Å². The van der Waals surface area contributed by atoms with Crippen molar-refractivity contribution in [2.45, 2.75) is 13.5 Å². The molecule has 1 amide bonds. The Kier molecular flexibility index (Phi) is 6.90. The zero-order valence-electron chi connectivity index (χ0n) is 18.5. The second kappa shape index (κ2) is 9.84. The highest BCUT2D eigenvalue weighted by atomic mass is 79.9. The first kappa shape index (κ1) is 23.1. The summed E-state index contributed by atoms with van der Waals surface area (Å²) in [5.74, 6) is 0.963. The number of hydrogen-bond acceptors (Lipinski definition) is 7. The predicted molar refractivity (Wildman–Crippen MR) is 126 cm³/mol. The molecule has 1 fully saturated rings. The quantitative estimate of drug-likeness (QED) is 0.599. The Morgan fingerprint density at radius 2 is 1.97 bits per heavy atom. The molecule has 8 nitrogen and oxygen atoms in total. The highest BCUT2D eigenvalue weighted by molar-refractivity contribution is 9.10. The van der Waals surface area contributed by atoms with Gasteiger partial charge in [-0.1, -0.05) is 15.9 Å². The van der Waals surface area contributed by atoms with E-state index in [0.29, 0.717) is 67.5 Å². The average molecular weight is 517 g/mol. The normalized spacial score (nSPS) is 17.1. The van der Waals surface area contributed by atoms with Gasteiger partial charge < -0.3 is 24.2 Å². The van der Waals surface area contributed by atoms with Crippen LogP contribution >= 0.6 is 15.9 Å². The number of amides is 1. The molecule has 0 aliphatic carbocycles. The van der Waals surface area contributed by atoms with Gasteiger partial charge in [-0.25, -0.2) is 4.79 Å². The maximum atomic E-state index is 13.0. The number of ketones is 1. The lowest BCUT2D eigenvalue weighted by Gasteiger charge is -2.34. The lowest BCUT2D eigenvalue weighted by Crippen LogP contribution is -2.48. The molecule has 1 saturated heterocycles. The third-order valence-electron chi connectivity index (χ3n) is 5.67. The highest BCUT2D eigenvalue weighted by Gasteiger charge is 2.32. The zero-order chi connectivity index (χ0) is 23.5. The van der Waals surface area contributed by atoms with Crippen LogP contribution in [0.3, 0.4) is 0 Å². The smallest absolute Gasteiger partial charge is 0.409 e. The number of piperazine rings is 1. The molecule has 33 heavy (non-hydrogen) atoms. The van der Waals surface area contributed by atoms with E-state index in [-0.39, 0.29) is 23.4 Å². The van der Waals surface area contributed by atoms with Crippen molar-refractivity contribution < 1.29 is 28.9 Å². The maximum Gasteiger partial charge on any atom is 0.409 e. The van der Waals surface area contributed by atoms with Gasteiger partial charge in [0.1, 0.15) is 17.2 Å². The molecule has 174 valence electrons. The number of Topliss-reactive ketones (excluding diaryl/α,β-unsaturated/α-hetero) is 1. The molecule has 0 bridgehead atoms. The van der Waals surface area contributed by atoms with Crippen molar-refractivity contribution in [1.29, 1.82) is 0 Å². The van der Waals surface area contributed by atoms with Crippen molar-refractivity contribution in [1.82, 2.24) is 9.80 Å². The number of ether oxygens (including phenoxy) is 3. The van der Waals surface area contributed by atoms with Crippen LogP contribution in [-0.2, 0) is 11.3 Å². The van der Waals surface area contributed by atoms with Gasteiger partial charge in [-0.3, -0.25) is 9.69 Å². The molecule has 2 aromatic rings. The van der Waals surface area contributed by atoms with Gasteiger partial charge >= 0.3 is 6.09 Å². The Labute approximate surface area is 200 Å². The minimum Gasteiger partial charge on any atom is -0.507 e. The fraction of sp³-hybridized carbons (Fsp3) is 0.333. The van der Waals surface area contributed by atoms with Crippen LogP contribution in [0.4, 0.5) is 4.79 Å². The van der Waals surface area contributed by atoms with Gasteiger partial charge in [0.25, 0.3) is 0 Å². The number of halogens is 1. The average Bonchev–Trinajstić information content (AvgIpc) is 3.12. The summed E-state index contributed by atoms with van der Waals surface area (Å²) in [6.07, 6.45) is 1.33. The molecule has 2 aliphatic heterocycles. The molecular weight excluding hydrogens is 492 g/mol.